The van der Waals surface area contributed by atoms with Gasteiger partial charge in [0.15, 0.2) is 0 Å². The highest BCUT2D eigenvalue weighted by Crippen LogP contribution is 2.28. The quantitative estimate of drug-likeness (QED) is 0.173. The number of hydrogen-bond donors (Lipinski definition) is 4. The van der Waals surface area contributed by atoms with Crippen LogP contribution in [-0.2, 0) is 22.6 Å². The number of aldehydes is 1. The molecule has 202 valence electrons. The van der Waals surface area contributed by atoms with E-state index >= 15 is 0 Å². The minimum atomic E-state index is -0.793. The Morgan fingerprint density at radius 2 is 1.87 bits per heavy atom. The van der Waals surface area contributed by atoms with Gasteiger partial charge in [0.05, 0.1) is 0 Å². The summed E-state index contributed by atoms with van der Waals surface area (Å²) in [5.41, 5.74) is 11.6. The largest absolute Gasteiger partial charge is 0.399 e. The molecule has 0 aliphatic heterocycles. The van der Waals surface area contributed by atoms with Crippen LogP contribution in [0.1, 0.15) is 40.3 Å². The summed E-state index contributed by atoms with van der Waals surface area (Å²) < 4.78 is 0. The average molecular weight is 527 g/mol. The van der Waals surface area contributed by atoms with E-state index in [4.69, 9.17) is 5.73 Å². The number of H-pyrrole nitrogens is 1. The van der Waals surface area contributed by atoms with Crippen molar-refractivity contribution in [2.75, 3.05) is 24.2 Å². The lowest BCUT2D eigenvalue weighted by Gasteiger charge is -2.29. The van der Waals surface area contributed by atoms with Gasteiger partial charge in [0.25, 0.3) is 5.56 Å². The van der Waals surface area contributed by atoms with Gasteiger partial charge in [-0.05, 0) is 83.8 Å². The number of rotatable bonds is 11. The second-order valence-electron chi connectivity index (χ2n) is 9.75. The van der Waals surface area contributed by atoms with E-state index < -0.39 is 6.04 Å². The number of carbonyl (C=O) groups is 2. The maximum atomic E-state index is 14.2. The predicted octanol–water partition coefficient (Wildman–Crippen LogP) is 4.03. The van der Waals surface area contributed by atoms with Crippen LogP contribution in [0.5, 0.6) is 0 Å². The number of carbonyl (C=O) groups excluding carboxylic acids is 2. The molecule has 0 aliphatic carbocycles. The molecule has 1 heterocycles. The Morgan fingerprint density at radius 1 is 1.10 bits per heavy atom. The van der Waals surface area contributed by atoms with Crippen LogP contribution in [0.4, 0.5) is 11.4 Å². The lowest BCUT2D eigenvalue weighted by molar-refractivity contribution is -0.133. The van der Waals surface area contributed by atoms with Crippen molar-refractivity contribution in [1.29, 1.82) is 0 Å². The van der Waals surface area contributed by atoms with E-state index in [9.17, 15) is 19.5 Å². The molecule has 0 bridgehead atoms. The number of aliphatic hydroxyl groups is 1. The van der Waals surface area contributed by atoms with E-state index in [0.29, 0.717) is 23.2 Å². The summed E-state index contributed by atoms with van der Waals surface area (Å²) in [7, 11) is 0. The first kappa shape index (κ1) is 27.6. The molecule has 0 fully saturated rings. The molecule has 1 atom stereocenters. The zero-order valence-corrected chi connectivity index (χ0v) is 22.2. The molecule has 8 heteroatoms. The Balaban J connectivity index is 1.77. The molecular formula is C31H34N4O4. The molecule has 1 unspecified atom stereocenters. The number of amides is 1. The van der Waals surface area contributed by atoms with Crippen molar-refractivity contribution in [3.05, 3.63) is 105 Å². The third-order valence-corrected chi connectivity index (χ3v) is 6.90. The van der Waals surface area contributed by atoms with Crippen molar-refractivity contribution in [2.24, 2.45) is 0 Å². The van der Waals surface area contributed by atoms with E-state index in [-0.39, 0.29) is 37.6 Å². The van der Waals surface area contributed by atoms with Gasteiger partial charge in [0.1, 0.15) is 12.3 Å². The second kappa shape index (κ2) is 12.4. The van der Waals surface area contributed by atoms with Gasteiger partial charge in [-0.1, -0.05) is 30.3 Å². The molecule has 8 nitrogen and oxygen atoms in total. The van der Waals surface area contributed by atoms with Gasteiger partial charge >= 0.3 is 0 Å². The number of anilines is 2. The lowest BCUT2D eigenvalue weighted by Crippen LogP contribution is -2.38. The highest BCUT2D eigenvalue weighted by atomic mass is 16.3. The maximum absolute atomic E-state index is 14.2. The van der Waals surface area contributed by atoms with Crippen LogP contribution in [0.15, 0.2) is 71.7 Å². The first-order valence-corrected chi connectivity index (χ1v) is 13.0. The van der Waals surface area contributed by atoms with E-state index in [1.807, 2.05) is 62.4 Å². The topological polar surface area (TPSA) is 129 Å². The van der Waals surface area contributed by atoms with E-state index in [1.165, 1.54) is 0 Å². The van der Waals surface area contributed by atoms with Crippen LogP contribution in [-0.4, -0.2) is 40.3 Å². The normalized spacial score (nSPS) is 11.8. The van der Waals surface area contributed by atoms with Gasteiger partial charge in [-0.2, -0.15) is 0 Å². The van der Waals surface area contributed by atoms with Crippen LogP contribution < -0.4 is 16.6 Å². The fourth-order valence-electron chi connectivity index (χ4n) is 5.00. The molecule has 0 radical (unpaired) electrons. The van der Waals surface area contributed by atoms with Crippen molar-refractivity contribution in [2.45, 2.75) is 39.3 Å². The summed E-state index contributed by atoms with van der Waals surface area (Å²) in [6.45, 7) is 4.50. The van der Waals surface area contributed by atoms with Gasteiger partial charge in [-0.15, -0.1) is 0 Å². The molecule has 3 aromatic carbocycles. The molecule has 1 aromatic heterocycles. The fourth-order valence-corrected chi connectivity index (χ4v) is 5.00. The number of fused-ring (bicyclic) bond motifs is 1. The molecule has 4 rings (SSSR count). The number of aromatic amines is 1. The van der Waals surface area contributed by atoms with Crippen molar-refractivity contribution in [1.82, 2.24) is 9.88 Å². The van der Waals surface area contributed by atoms with Crippen molar-refractivity contribution < 1.29 is 14.7 Å². The molecular weight excluding hydrogens is 492 g/mol. The highest BCUT2D eigenvalue weighted by Gasteiger charge is 2.27. The molecule has 0 aliphatic rings. The maximum Gasteiger partial charge on any atom is 0.255 e. The highest BCUT2D eigenvalue weighted by molar-refractivity contribution is 5.89. The monoisotopic (exact) mass is 526 g/mol. The van der Waals surface area contributed by atoms with E-state index in [2.05, 4.69) is 10.3 Å². The Kier molecular flexibility index (Phi) is 8.78. The summed E-state index contributed by atoms with van der Waals surface area (Å²) in [4.78, 5) is 42.3. The number of aliphatic hydroxyl groups excluding tert-OH is 1. The number of nitrogens with zero attached hydrogens (tertiary/aromatic N) is 1. The van der Waals surface area contributed by atoms with Crippen molar-refractivity contribution >= 4 is 34.3 Å². The Bertz CT molecular complexity index is 1520. The number of nitrogens with two attached hydrogens (primary N) is 1. The minimum Gasteiger partial charge on any atom is -0.399 e. The third-order valence-electron chi connectivity index (χ3n) is 6.90. The Labute approximate surface area is 227 Å². The standard InChI is InChI=1S/C31H34N4O4/c1-20-15-24(16-21(2)27(20)10-14-37)29(34-26-8-7-23-9-11-33-30(38)28(23)18-26)31(39)35(12-4-13-36)19-22-5-3-6-25(32)17-22/h3,5-9,11,13,15-18,29,34,37H,4,10,12,14,19,32H2,1-2H3,(H,33,38). The molecule has 4 aromatic rings. The summed E-state index contributed by atoms with van der Waals surface area (Å²) in [5, 5.41) is 14.2. The number of aryl methyl sites for hydroxylation is 2. The first-order chi connectivity index (χ1) is 18.8. The Hall–Kier alpha value is -4.43. The fraction of sp³-hybridized carbons (Fsp3) is 0.258. The zero-order chi connectivity index (χ0) is 27.9. The van der Waals surface area contributed by atoms with E-state index in [0.717, 1.165) is 39.5 Å². The lowest BCUT2D eigenvalue weighted by atomic mass is 9.93. The van der Waals surface area contributed by atoms with Crippen LogP contribution in [0.3, 0.4) is 0 Å². The van der Waals surface area contributed by atoms with Crippen LogP contribution >= 0.6 is 0 Å². The van der Waals surface area contributed by atoms with Crippen LogP contribution in [0.25, 0.3) is 10.8 Å². The first-order valence-electron chi connectivity index (χ1n) is 13.0. The van der Waals surface area contributed by atoms with Gasteiger partial charge < -0.3 is 30.8 Å². The summed E-state index contributed by atoms with van der Waals surface area (Å²) >= 11 is 0. The smallest absolute Gasteiger partial charge is 0.255 e. The number of hydrogen-bond acceptors (Lipinski definition) is 6. The molecule has 0 saturated heterocycles. The van der Waals surface area contributed by atoms with Crippen molar-refractivity contribution in [3.8, 4) is 0 Å². The number of pyridine rings is 1. The predicted molar refractivity (Wildman–Crippen MR) is 155 cm³/mol. The van der Waals surface area contributed by atoms with Crippen LogP contribution in [0.2, 0.25) is 0 Å². The van der Waals surface area contributed by atoms with Gasteiger partial charge in [0, 0.05) is 49.1 Å². The van der Waals surface area contributed by atoms with Crippen molar-refractivity contribution in [3.63, 3.8) is 0 Å². The van der Waals surface area contributed by atoms with Gasteiger partial charge in [-0.25, -0.2) is 0 Å². The van der Waals surface area contributed by atoms with Gasteiger partial charge in [-0.3, -0.25) is 9.59 Å². The summed E-state index contributed by atoms with van der Waals surface area (Å²) in [6.07, 6.45) is 3.12. The van der Waals surface area contributed by atoms with Crippen LogP contribution in [0, 0.1) is 13.8 Å². The molecule has 5 N–H and O–H groups in total. The molecule has 0 saturated carbocycles. The number of benzene rings is 3. The van der Waals surface area contributed by atoms with Gasteiger partial charge in [0.2, 0.25) is 5.91 Å². The summed E-state index contributed by atoms with van der Waals surface area (Å²) in [6, 6.07) is 17.7. The average Bonchev–Trinajstić information content (AvgIpc) is 2.91. The summed E-state index contributed by atoms with van der Waals surface area (Å²) in [5.74, 6) is -0.213. The minimum absolute atomic E-state index is 0.0347. The molecule has 1 amide bonds. The number of nitrogen functional groups attached to an aromatic ring is 1. The second-order valence-corrected chi connectivity index (χ2v) is 9.75. The SMILES string of the molecule is Cc1cc(C(Nc2ccc3cc[nH]c(=O)c3c2)C(=O)N(CCC=O)Cc2cccc(N)c2)cc(C)c1CCO. The van der Waals surface area contributed by atoms with E-state index in [1.54, 1.807) is 23.2 Å². The number of nitrogens with one attached hydrogen (secondary N) is 2. The number of aromatic nitrogens is 1. The zero-order valence-electron chi connectivity index (χ0n) is 22.2. The molecule has 0 spiro atoms. The Morgan fingerprint density at radius 3 is 2.56 bits per heavy atom. The molecule has 39 heavy (non-hydrogen) atoms. The third kappa shape index (κ3) is 6.53.